The van der Waals surface area contributed by atoms with Crippen LogP contribution in [0.4, 0.5) is 0 Å². The molecule has 3 heteroatoms. The lowest BCUT2D eigenvalue weighted by molar-refractivity contribution is -0.119. The summed E-state index contributed by atoms with van der Waals surface area (Å²) in [5, 5.41) is 4.37. The van der Waals surface area contributed by atoms with Crippen molar-refractivity contribution < 1.29 is 4.79 Å². The normalized spacial score (nSPS) is 17.2. The molecule has 2 aromatic rings. The Kier molecular flexibility index (Phi) is 2.54. The number of aldehydes is 1. The molecular weight excluding hydrogens is 224 g/mol. The number of hydrogen-bond acceptors (Lipinski definition) is 2. The molecule has 1 aliphatic carbocycles. The average Bonchev–Trinajstić information content (AvgIpc) is 2.79. The first-order valence-corrected chi connectivity index (χ1v) is 6.32. The van der Waals surface area contributed by atoms with Crippen molar-refractivity contribution in [1.29, 1.82) is 0 Å². The molecule has 3 rings (SSSR count). The van der Waals surface area contributed by atoms with Crippen LogP contribution in [-0.2, 0) is 10.3 Å². The highest BCUT2D eigenvalue weighted by Crippen LogP contribution is 2.37. The number of nitrogens with zero attached hydrogens (tertiary/aromatic N) is 2. The van der Waals surface area contributed by atoms with Gasteiger partial charge in [-0.3, -0.25) is 4.68 Å². The molecule has 1 aromatic carbocycles. The van der Waals surface area contributed by atoms with E-state index < -0.39 is 0 Å². The third-order valence-electron chi connectivity index (χ3n) is 3.86. The summed E-state index contributed by atoms with van der Waals surface area (Å²) >= 11 is 0. The molecule has 0 amide bonds. The SMILES string of the molecule is Cc1ccc(-c2cnn(C3(C=O)CCC3)c2)cc1. The van der Waals surface area contributed by atoms with Gasteiger partial charge in [0.2, 0.25) is 0 Å². The Morgan fingerprint density at radius 1 is 1.22 bits per heavy atom. The van der Waals surface area contributed by atoms with E-state index in [2.05, 4.69) is 36.3 Å². The third-order valence-corrected chi connectivity index (χ3v) is 3.86. The highest BCUT2D eigenvalue weighted by atomic mass is 16.1. The molecule has 92 valence electrons. The van der Waals surface area contributed by atoms with Gasteiger partial charge in [0.1, 0.15) is 11.8 Å². The molecule has 0 aliphatic heterocycles. The van der Waals surface area contributed by atoms with E-state index in [0.717, 1.165) is 36.7 Å². The van der Waals surface area contributed by atoms with Crippen molar-refractivity contribution in [3.63, 3.8) is 0 Å². The number of aryl methyl sites for hydroxylation is 1. The predicted molar refractivity (Wildman–Crippen MR) is 70.3 cm³/mol. The largest absolute Gasteiger partial charge is 0.301 e. The van der Waals surface area contributed by atoms with Crippen LogP contribution in [0, 0.1) is 6.92 Å². The van der Waals surface area contributed by atoms with Crippen molar-refractivity contribution in [2.75, 3.05) is 0 Å². The van der Waals surface area contributed by atoms with Crippen molar-refractivity contribution in [2.45, 2.75) is 31.7 Å². The number of hydrogen-bond donors (Lipinski definition) is 0. The molecule has 0 N–H and O–H groups in total. The van der Waals surface area contributed by atoms with Crippen molar-refractivity contribution in [2.24, 2.45) is 0 Å². The van der Waals surface area contributed by atoms with Crippen LogP contribution >= 0.6 is 0 Å². The Morgan fingerprint density at radius 3 is 2.50 bits per heavy atom. The minimum absolute atomic E-state index is 0.372. The van der Waals surface area contributed by atoms with E-state index in [0.29, 0.717) is 0 Å². The molecule has 1 fully saturated rings. The summed E-state index contributed by atoms with van der Waals surface area (Å²) in [7, 11) is 0. The van der Waals surface area contributed by atoms with Crippen LogP contribution in [0.25, 0.3) is 11.1 Å². The Bertz CT molecular complexity index is 564. The zero-order chi connectivity index (χ0) is 12.6. The summed E-state index contributed by atoms with van der Waals surface area (Å²) in [6.45, 7) is 2.07. The Hall–Kier alpha value is -1.90. The number of benzene rings is 1. The van der Waals surface area contributed by atoms with Crippen LogP contribution in [0.1, 0.15) is 24.8 Å². The number of carbonyl (C=O) groups is 1. The van der Waals surface area contributed by atoms with Gasteiger partial charge in [0, 0.05) is 11.8 Å². The lowest BCUT2D eigenvalue weighted by Gasteiger charge is -2.36. The second-order valence-electron chi connectivity index (χ2n) is 5.11. The fraction of sp³-hybridized carbons (Fsp3) is 0.333. The zero-order valence-corrected chi connectivity index (χ0v) is 10.5. The molecule has 18 heavy (non-hydrogen) atoms. The second-order valence-corrected chi connectivity index (χ2v) is 5.11. The topological polar surface area (TPSA) is 34.9 Å². The van der Waals surface area contributed by atoms with E-state index in [1.807, 2.05) is 17.1 Å². The molecule has 0 radical (unpaired) electrons. The predicted octanol–water partition coefficient (Wildman–Crippen LogP) is 2.94. The maximum absolute atomic E-state index is 11.2. The first-order chi connectivity index (χ1) is 8.73. The van der Waals surface area contributed by atoms with Crippen molar-refractivity contribution in [3.8, 4) is 11.1 Å². The van der Waals surface area contributed by atoms with E-state index >= 15 is 0 Å². The summed E-state index contributed by atoms with van der Waals surface area (Å²) < 4.78 is 1.83. The summed E-state index contributed by atoms with van der Waals surface area (Å²) in [4.78, 5) is 11.2. The lowest BCUT2D eigenvalue weighted by atomic mass is 9.78. The van der Waals surface area contributed by atoms with E-state index in [4.69, 9.17) is 0 Å². The van der Waals surface area contributed by atoms with E-state index in [-0.39, 0.29) is 5.54 Å². The summed E-state index contributed by atoms with van der Waals surface area (Å²) in [5.41, 5.74) is 3.09. The Morgan fingerprint density at radius 2 is 1.94 bits per heavy atom. The number of aromatic nitrogens is 2. The van der Waals surface area contributed by atoms with Gasteiger partial charge in [0.05, 0.1) is 6.20 Å². The van der Waals surface area contributed by atoms with Crippen LogP contribution in [0.2, 0.25) is 0 Å². The zero-order valence-electron chi connectivity index (χ0n) is 10.5. The van der Waals surface area contributed by atoms with Gasteiger partial charge in [0.25, 0.3) is 0 Å². The molecular formula is C15H16N2O. The number of rotatable bonds is 3. The van der Waals surface area contributed by atoms with Gasteiger partial charge in [-0.05, 0) is 31.7 Å². The molecule has 1 aliphatic rings. The molecule has 1 heterocycles. The van der Waals surface area contributed by atoms with Crippen LogP contribution in [0.3, 0.4) is 0 Å². The monoisotopic (exact) mass is 240 g/mol. The first-order valence-electron chi connectivity index (χ1n) is 6.32. The molecule has 1 saturated carbocycles. The molecule has 1 aromatic heterocycles. The van der Waals surface area contributed by atoms with E-state index in [1.54, 1.807) is 0 Å². The molecule has 0 unspecified atom stereocenters. The van der Waals surface area contributed by atoms with Gasteiger partial charge >= 0.3 is 0 Å². The van der Waals surface area contributed by atoms with E-state index in [9.17, 15) is 4.79 Å². The maximum Gasteiger partial charge on any atom is 0.147 e. The smallest absolute Gasteiger partial charge is 0.147 e. The van der Waals surface area contributed by atoms with Gasteiger partial charge in [-0.1, -0.05) is 29.8 Å². The van der Waals surface area contributed by atoms with Crippen LogP contribution in [-0.4, -0.2) is 16.1 Å². The minimum atomic E-state index is -0.372. The Balaban J connectivity index is 1.94. The van der Waals surface area contributed by atoms with Gasteiger partial charge in [-0.2, -0.15) is 5.10 Å². The van der Waals surface area contributed by atoms with Gasteiger partial charge in [0.15, 0.2) is 0 Å². The second kappa shape index (κ2) is 4.09. The van der Waals surface area contributed by atoms with Crippen LogP contribution < -0.4 is 0 Å². The molecule has 0 bridgehead atoms. The maximum atomic E-state index is 11.2. The summed E-state index contributed by atoms with van der Waals surface area (Å²) in [6, 6.07) is 8.35. The fourth-order valence-electron chi connectivity index (χ4n) is 2.40. The van der Waals surface area contributed by atoms with Gasteiger partial charge in [-0.15, -0.1) is 0 Å². The molecule has 0 spiro atoms. The first kappa shape index (κ1) is 11.2. The van der Waals surface area contributed by atoms with Gasteiger partial charge < -0.3 is 4.79 Å². The van der Waals surface area contributed by atoms with Crippen LogP contribution in [0.5, 0.6) is 0 Å². The minimum Gasteiger partial charge on any atom is -0.301 e. The average molecular weight is 240 g/mol. The number of carbonyl (C=O) groups excluding carboxylic acids is 1. The fourth-order valence-corrected chi connectivity index (χ4v) is 2.40. The van der Waals surface area contributed by atoms with Crippen molar-refractivity contribution in [1.82, 2.24) is 9.78 Å². The van der Waals surface area contributed by atoms with Crippen molar-refractivity contribution >= 4 is 6.29 Å². The summed E-state index contributed by atoms with van der Waals surface area (Å²) in [5.74, 6) is 0. The van der Waals surface area contributed by atoms with Gasteiger partial charge in [-0.25, -0.2) is 0 Å². The molecule has 3 nitrogen and oxygen atoms in total. The standard InChI is InChI=1S/C15H16N2O/c1-12-3-5-13(6-4-12)14-9-16-17(10-14)15(11-18)7-2-8-15/h3-6,9-11H,2,7-8H2,1H3. The highest BCUT2D eigenvalue weighted by Gasteiger charge is 2.39. The highest BCUT2D eigenvalue weighted by molar-refractivity contribution is 5.66. The quantitative estimate of drug-likeness (QED) is 0.773. The van der Waals surface area contributed by atoms with Crippen molar-refractivity contribution in [3.05, 3.63) is 42.2 Å². The summed E-state index contributed by atoms with van der Waals surface area (Å²) in [6.07, 6.45) is 7.80. The third kappa shape index (κ3) is 1.67. The lowest BCUT2D eigenvalue weighted by Crippen LogP contribution is -2.42. The van der Waals surface area contributed by atoms with E-state index in [1.165, 1.54) is 5.56 Å². The molecule has 0 saturated heterocycles. The molecule has 0 atom stereocenters. The Labute approximate surface area is 106 Å². The van der Waals surface area contributed by atoms with Crippen LogP contribution in [0.15, 0.2) is 36.7 Å².